The zero-order chi connectivity index (χ0) is 12.6. The van der Waals surface area contributed by atoms with Crippen molar-refractivity contribution in [3.8, 4) is 0 Å². The van der Waals surface area contributed by atoms with Crippen molar-refractivity contribution in [1.29, 1.82) is 0 Å². The molecule has 0 aliphatic heterocycles. The van der Waals surface area contributed by atoms with Gasteiger partial charge in [-0.25, -0.2) is 4.39 Å². The SMILES string of the molecule is CC1(C)c2c(F)cccc2CCC1CC(=O)O. The zero-order valence-corrected chi connectivity index (χ0v) is 10.2. The Hall–Kier alpha value is -1.38. The van der Waals surface area contributed by atoms with Gasteiger partial charge < -0.3 is 5.11 Å². The van der Waals surface area contributed by atoms with E-state index < -0.39 is 11.4 Å². The van der Waals surface area contributed by atoms with Gasteiger partial charge in [-0.1, -0.05) is 26.0 Å². The van der Waals surface area contributed by atoms with Crippen LogP contribution in [0.3, 0.4) is 0 Å². The maximum atomic E-state index is 13.9. The number of carbonyl (C=O) groups is 1. The Labute approximate surface area is 100 Å². The molecule has 0 fully saturated rings. The molecule has 0 amide bonds. The van der Waals surface area contributed by atoms with Crippen LogP contribution in [-0.2, 0) is 16.6 Å². The monoisotopic (exact) mass is 236 g/mol. The fourth-order valence-electron chi connectivity index (χ4n) is 2.96. The molecule has 0 spiro atoms. The fourth-order valence-corrected chi connectivity index (χ4v) is 2.96. The molecular formula is C14H17FO2. The molecule has 2 rings (SSSR count). The summed E-state index contributed by atoms with van der Waals surface area (Å²) in [7, 11) is 0. The van der Waals surface area contributed by atoms with Crippen molar-refractivity contribution in [3.05, 3.63) is 35.1 Å². The highest BCUT2D eigenvalue weighted by Crippen LogP contribution is 2.43. The zero-order valence-electron chi connectivity index (χ0n) is 10.2. The van der Waals surface area contributed by atoms with Crippen LogP contribution in [0.25, 0.3) is 0 Å². The molecule has 1 aromatic carbocycles. The molecule has 17 heavy (non-hydrogen) atoms. The predicted octanol–water partition coefficient (Wildman–Crippen LogP) is 3.14. The molecule has 1 aromatic rings. The lowest BCUT2D eigenvalue weighted by atomic mass is 9.64. The van der Waals surface area contributed by atoms with Gasteiger partial charge in [0, 0.05) is 6.42 Å². The van der Waals surface area contributed by atoms with Gasteiger partial charge in [0.15, 0.2) is 0 Å². The first kappa shape index (κ1) is 12.1. The topological polar surface area (TPSA) is 37.3 Å². The summed E-state index contributed by atoms with van der Waals surface area (Å²) in [5, 5.41) is 8.92. The van der Waals surface area contributed by atoms with E-state index in [9.17, 15) is 9.18 Å². The largest absolute Gasteiger partial charge is 0.481 e. The van der Waals surface area contributed by atoms with Crippen molar-refractivity contribution >= 4 is 5.97 Å². The number of aryl methyl sites for hydroxylation is 1. The molecule has 0 saturated heterocycles. The lowest BCUT2D eigenvalue weighted by Gasteiger charge is -2.40. The minimum absolute atomic E-state index is 0.00407. The molecule has 1 aliphatic rings. The number of carboxylic acid groups (broad SMARTS) is 1. The van der Waals surface area contributed by atoms with E-state index >= 15 is 0 Å². The number of fused-ring (bicyclic) bond motifs is 1. The van der Waals surface area contributed by atoms with Crippen molar-refractivity contribution in [1.82, 2.24) is 0 Å². The highest BCUT2D eigenvalue weighted by Gasteiger charge is 2.39. The Morgan fingerprint density at radius 1 is 1.53 bits per heavy atom. The molecule has 2 nitrogen and oxygen atoms in total. The van der Waals surface area contributed by atoms with E-state index in [0.29, 0.717) is 5.56 Å². The molecule has 1 unspecified atom stereocenters. The summed E-state index contributed by atoms with van der Waals surface area (Å²) in [5.41, 5.74) is 1.33. The van der Waals surface area contributed by atoms with Gasteiger partial charge in [-0.2, -0.15) is 0 Å². The van der Waals surface area contributed by atoms with E-state index in [2.05, 4.69) is 0 Å². The van der Waals surface area contributed by atoms with E-state index in [4.69, 9.17) is 5.11 Å². The fraction of sp³-hybridized carbons (Fsp3) is 0.500. The second kappa shape index (κ2) is 4.13. The Kier molecular flexibility index (Phi) is 2.94. The number of aliphatic carboxylic acids is 1. The Bertz CT molecular complexity index is 452. The molecule has 92 valence electrons. The number of halogens is 1. The average molecular weight is 236 g/mol. The van der Waals surface area contributed by atoms with Gasteiger partial charge in [0.2, 0.25) is 0 Å². The third-order valence-corrected chi connectivity index (χ3v) is 3.95. The molecular weight excluding hydrogens is 219 g/mol. The minimum atomic E-state index is -0.803. The van der Waals surface area contributed by atoms with E-state index in [1.807, 2.05) is 19.9 Å². The van der Waals surface area contributed by atoms with Gasteiger partial charge in [-0.3, -0.25) is 4.79 Å². The number of benzene rings is 1. The van der Waals surface area contributed by atoms with Crippen molar-refractivity contribution in [3.63, 3.8) is 0 Å². The first-order valence-corrected chi connectivity index (χ1v) is 5.92. The summed E-state index contributed by atoms with van der Waals surface area (Å²) in [6.07, 6.45) is 1.70. The lowest BCUT2D eigenvalue weighted by molar-refractivity contribution is -0.138. The van der Waals surface area contributed by atoms with Gasteiger partial charge in [0.25, 0.3) is 0 Å². The highest BCUT2D eigenvalue weighted by atomic mass is 19.1. The summed E-state index contributed by atoms with van der Waals surface area (Å²) in [4.78, 5) is 10.9. The Morgan fingerprint density at radius 3 is 2.88 bits per heavy atom. The van der Waals surface area contributed by atoms with E-state index in [1.54, 1.807) is 6.07 Å². The normalized spacial score (nSPS) is 21.9. The molecule has 1 aliphatic carbocycles. The van der Waals surface area contributed by atoms with Crippen LogP contribution in [0.4, 0.5) is 4.39 Å². The third-order valence-electron chi connectivity index (χ3n) is 3.95. The van der Waals surface area contributed by atoms with Crippen LogP contribution in [0.15, 0.2) is 18.2 Å². The summed E-state index contributed by atoms with van der Waals surface area (Å²) in [6, 6.07) is 5.13. The number of carboxylic acids is 1. The molecule has 0 saturated carbocycles. The van der Waals surface area contributed by atoms with Crippen molar-refractivity contribution < 1.29 is 14.3 Å². The first-order valence-electron chi connectivity index (χ1n) is 5.92. The Balaban J connectivity index is 2.43. The van der Waals surface area contributed by atoms with Gasteiger partial charge in [0.1, 0.15) is 5.82 Å². The standard InChI is InChI=1S/C14H17FO2/c1-14(2)10(8-12(16)17)7-6-9-4-3-5-11(15)13(9)14/h3-5,10H,6-8H2,1-2H3,(H,16,17). The van der Waals surface area contributed by atoms with E-state index in [-0.39, 0.29) is 18.2 Å². The van der Waals surface area contributed by atoms with Crippen LogP contribution in [0.2, 0.25) is 0 Å². The van der Waals surface area contributed by atoms with Crippen LogP contribution < -0.4 is 0 Å². The second-order valence-electron chi connectivity index (χ2n) is 5.33. The summed E-state index contributed by atoms with van der Waals surface area (Å²) < 4.78 is 13.9. The predicted molar refractivity (Wildman–Crippen MR) is 63.5 cm³/mol. The summed E-state index contributed by atoms with van der Waals surface area (Å²) in [5.74, 6) is -1.00. The van der Waals surface area contributed by atoms with Gasteiger partial charge in [0.05, 0.1) is 0 Å². The molecule has 3 heteroatoms. The van der Waals surface area contributed by atoms with Gasteiger partial charge in [-0.05, 0) is 41.4 Å². The van der Waals surface area contributed by atoms with Crippen LogP contribution in [0, 0.1) is 11.7 Å². The second-order valence-corrected chi connectivity index (χ2v) is 5.33. The first-order chi connectivity index (χ1) is 7.93. The van der Waals surface area contributed by atoms with Crippen LogP contribution in [0.5, 0.6) is 0 Å². The summed E-state index contributed by atoms with van der Waals surface area (Å²) >= 11 is 0. The molecule has 0 radical (unpaired) electrons. The van der Waals surface area contributed by atoms with Crippen LogP contribution in [0.1, 0.15) is 37.8 Å². The maximum absolute atomic E-state index is 13.9. The lowest BCUT2D eigenvalue weighted by Crippen LogP contribution is -2.36. The van der Waals surface area contributed by atoms with Crippen LogP contribution in [-0.4, -0.2) is 11.1 Å². The van der Waals surface area contributed by atoms with Crippen molar-refractivity contribution in [2.24, 2.45) is 5.92 Å². The minimum Gasteiger partial charge on any atom is -0.481 e. The maximum Gasteiger partial charge on any atom is 0.303 e. The molecule has 1 atom stereocenters. The van der Waals surface area contributed by atoms with Gasteiger partial charge in [-0.15, -0.1) is 0 Å². The van der Waals surface area contributed by atoms with E-state index in [0.717, 1.165) is 18.4 Å². The number of hydrogen-bond acceptors (Lipinski definition) is 1. The smallest absolute Gasteiger partial charge is 0.303 e. The summed E-state index contributed by atoms with van der Waals surface area (Å²) in [6.45, 7) is 3.89. The molecule has 0 bridgehead atoms. The van der Waals surface area contributed by atoms with Crippen LogP contribution >= 0.6 is 0 Å². The van der Waals surface area contributed by atoms with E-state index in [1.165, 1.54) is 6.07 Å². The van der Waals surface area contributed by atoms with Crippen molar-refractivity contribution in [2.45, 2.75) is 38.5 Å². The number of rotatable bonds is 2. The quantitative estimate of drug-likeness (QED) is 0.856. The number of hydrogen-bond donors (Lipinski definition) is 1. The van der Waals surface area contributed by atoms with Crippen molar-refractivity contribution in [2.75, 3.05) is 0 Å². The average Bonchev–Trinajstić information content (AvgIpc) is 2.21. The highest BCUT2D eigenvalue weighted by molar-refractivity contribution is 5.67. The van der Waals surface area contributed by atoms with Gasteiger partial charge >= 0.3 is 5.97 Å². The third kappa shape index (κ3) is 2.06. The molecule has 1 N–H and O–H groups in total. The Morgan fingerprint density at radius 2 is 2.24 bits per heavy atom. The molecule has 0 aromatic heterocycles. The molecule has 0 heterocycles.